The number of benzene rings is 1. The molecule has 3 N–H and O–H groups in total. The third-order valence-corrected chi connectivity index (χ3v) is 4.16. The molecule has 0 saturated heterocycles. The predicted molar refractivity (Wildman–Crippen MR) is 66.6 cm³/mol. The van der Waals surface area contributed by atoms with E-state index in [1.807, 2.05) is 0 Å². The van der Waals surface area contributed by atoms with Crippen LogP contribution in [0.4, 0.5) is 0 Å². The molecule has 0 fully saturated rings. The molecule has 0 amide bonds. The molecule has 0 atom stereocenters. The number of aromatic amines is 1. The number of carbonyl (C=O) groups is 1. The topological polar surface area (TPSA) is 138 Å². The fourth-order valence-electron chi connectivity index (χ4n) is 1.34. The van der Waals surface area contributed by atoms with Gasteiger partial charge in [-0.25, -0.2) is 17.9 Å². The molecule has 2 rings (SSSR count). The number of carboxylic acids is 1. The largest absolute Gasteiger partial charge is 0.478 e. The van der Waals surface area contributed by atoms with E-state index in [2.05, 4.69) is 25.3 Å². The summed E-state index contributed by atoms with van der Waals surface area (Å²) in [6.07, 6.45) is 0. The van der Waals surface area contributed by atoms with Crippen LogP contribution in [0.1, 0.15) is 16.2 Å². The quantitative estimate of drug-likeness (QED) is 0.707. The number of hydrogen-bond acceptors (Lipinski definition) is 6. The SMILES string of the molecule is O=C(O)c1ccc(Cl)c(S(=O)(=O)NCc2nn[nH]n2)c1. The number of hydrogen-bond donors (Lipinski definition) is 3. The van der Waals surface area contributed by atoms with Gasteiger partial charge in [-0.1, -0.05) is 16.8 Å². The number of sulfonamides is 1. The van der Waals surface area contributed by atoms with Crippen LogP contribution in [0.15, 0.2) is 23.1 Å². The number of nitrogens with one attached hydrogen (secondary N) is 2. The van der Waals surface area contributed by atoms with Gasteiger partial charge in [0.1, 0.15) is 4.90 Å². The number of halogens is 1. The maximum absolute atomic E-state index is 12.0. The van der Waals surface area contributed by atoms with Gasteiger partial charge in [-0.15, -0.1) is 10.2 Å². The fourth-order valence-corrected chi connectivity index (χ4v) is 2.84. The van der Waals surface area contributed by atoms with Crippen molar-refractivity contribution in [3.63, 3.8) is 0 Å². The van der Waals surface area contributed by atoms with E-state index in [9.17, 15) is 13.2 Å². The number of rotatable bonds is 5. The van der Waals surface area contributed by atoms with Gasteiger partial charge in [0.15, 0.2) is 5.82 Å². The van der Waals surface area contributed by atoms with E-state index in [1.54, 1.807) is 0 Å². The van der Waals surface area contributed by atoms with Crippen molar-refractivity contribution in [2.45, 2.75) is 11.4 Å². The minimum Gasteiger partial charge on any atom is -0.478 e. The Bertz CT molecular complexity index is 731. The van der Waals surface area contributed by atoms with Gasteiger partial charge in [0.2, 0.25) is 10.0 Å². The summed E-state index contributed by atoms with van der Waals surface area (Å²) in [7, 11) is -3.99. The normalized spacial score (nSPS) is 11.4. The Hall–Kier alpha value is -2.04. The Balaban J connectivity index is 2.28. The molecule has 0 aliphatic carbocycles. The van der Waals surface area contributed by atoms with E-state index in [-0.39, 0.29) is 27.9 Å². The van der Waals surface area contributed by atoms with E-state index in [4.69, 9.17) is 16.7 Å². The van der Waals surface area contributed by atoms with E-state index in [0.717, 1.165) is 6.07 Å². The first-order valence-corrected chi connectivity index (χ1v) is 7.01. The molecular weight excluding hydrogens is 310 g/mol. The molecule has 1 aromatic heterocycles. The van der Waals surface area contributed by atoms with Crippen molar-refractivity contribution in [2.24, 2.45) is 0 Å². The fraction of sp³-hybridized carbons (Fsp3) is 0.111. The van der Waals surface area contributed by atoms with Gasteiger partial charge in [0.25, 0.3) is 0 Å². The van der Waals surface area contributed by atoms with Crippen molar-refractivity contribution in [3.8, 4) is 0 Å². The second-order valence-corrected chi connectivity index (χ2v) is 5.75. The maximum Gasteiger partial charge on any atom is 0.335 e. The highest BCUT2D eigenvalue weighted by Gasteiger charge is 2.20. The molecule has 0 radical (unpaired) electrons. The highest BCUT2D eigenvalue weighted by atomic mass is 35.5. The second-order valence-electron chi connectivity index (χ2n) is 3.60. The molecule has 20 heavy (non-hydrogen) atoms. The van der Waals surface area contributed by atoms with Crippen LogP contribution in [0.2, 0.25) is 5.02 Å². The molecule has 106 valence electrons. The number of H-pyrrole nitrogens is 1. The first-order valence-electron chi connectivity index (χ1n) is 5.15. The van der Waals surface area contributed by atoms with Crippen LogP contribution < -0.4 is 4.72 Å². The van der Waals surface area contributed by atoms with Crippen LogP contribution >= 0.6 is 11.6 Å². The standard InChI is InChI=1S/C9H8ClN5O4S/c10-6-2-1-5(9(16)17)3-7(6)20(18,19)11-4-8-12-14-15-13-8/h1-3,11H,4H2,(H,16,17)(H,12,13,14,15). The van der Waals surface area contributed by atoms with E-state index in [1.165, 1.54) is 12.1 Å². The summed E-state index contributed by atoms with van der Waals surface area (Å²) in [6.45, 7) is -0.202. The van der Waals surface area contributed by atoms with E-state index < -0.39 is 16.0 Å². The van der Waals surface area contributed by atoms with Crippen molar-refractivity contribution >= 4 is 27.6 Å². The molecular formula is C9H8ClN5O4S. The average Bonchev–Trinajstić information content (AvgIpc) is 2.89. The Morgan fingerprint density at radius 3 is 2.80 bits per heavy atom. The van der Waals surface area contributed by atoms with Crippen molar-refractivity contribution in [1.29, 1.82) is 0 Å². The Labute approximate surface area is 118 Å². The third-order valence-electron chi connectivity index (χ3n) is 2.28. The van der Waals surface area contributed by atoms with Crippen molar-refractivity contribution in [2.75, 3.05) is 0 Å². The Morgan fingerprint density at radius 1 is 1.45 bits per heavy atom. The summed E-state index contributed by atoms with van der Waals surface area (Å²) in [5, 5.41) is 21.4. The van der Waals surface area contributed by atoms with Crippen LogP contribution in [0.25, 0.3) is 0 Å². The van der Waals surface area contributed by atoms with Crippen molar-refractivity contribution in [3.05, 3.63) is 34.6 Å². The van der Waals surface area contributed by atoms with Crippen molar-refractivity contribution < 1.29 is 18.3 Å². The molecule has 0 aliphatic heterocycles. The molecule has 0 spiro atoms. The molecule has 0 aliphatic rings. The monoisotopic (exact) mass is 317 g/mol. The zero-order valence-electron chi connectivity index (χ0n) is 9.74. The number of nitrogens with zero attached hydrogens (tertiary/aromatic N) is 3. The molecule has 9 nitrogen and oxygen atoms in total. The van der Waals surface area contributed by atoms with E-state index in [0.29, 0.717) is 0 Å². The lowest BCUT2D eigenvalue weighted by atomic mass is 10.2. The summed E-state index contributed by atoms with van der Waals surface area (Å²) >= 11 is 5.78. The van der Waals surface area contributed by atoms with E-state index >= 15 is 0 Å². The smallest absolute Gasteiger partial charge is 0.335 e. The maximum atomic E-state index is 12.0. The number of aromatic nitrogens is 4. The summed E-state index contributed by atoms with van der Waals surface area (Å²) in [4.78, 5) is 10.5. The zero-order chi connectivity index (χ0) is 14.8. The lowest BCUT2D eigenvalue weighted by Gasteiger charge is -2.07. The molecule has 0 unspecified atom stereocenters. The van der Waals surface area contributed by atoms with Crippen LogP contribution in [-0.2, 0) is 16.6 Å². The molecule has 0 saturated carbocycles. The summed E-state index contributed by atoms with van der Waals surface area (Å²) in [6, 6.07) is 3.39. The van der Waals surface area contributed by atoms with Gasteiger partial charge in [0.05, 0.1) is 17.1 Å². The van der Waals surface area contributed by atoms with Crippen LogP contribution in [0.3, 0.4) is 0 Å². The average molecular weight is 318 g/mol. The van der Waals surface area contributed by atoms with Gasteiger partial charge < -0.3 is 5.11 Å². The highest BCUT2D eigenvalue weighted by molar-refractivity contribution is 7.89. The van der Waals surface area contributed by atoms with Gasteiger partial charge >= 0.3 is 5.97 Å². The number of tetrazole rings is 1. The Morgan fingerprint density at radius 2 is 2.20 bits per heavy atom. The van der Waals surface area contributed by atoms with Crippen LogP contribution in [0, 0.1) is 0 Å². The second kappa shape index (κ2) is 5.53. The lowest BCUT2D eigenvalue weighted by molar-refractivity contribution is 0.0696. The summed E-state index contributed by atoms with van der Waals surface area (Å²) in [5.74, 6) is -1.12. The van der Waals surface area contributed by atoms with Gasteiger partial charge in [-0.2, -0.15) is 5.21 Å². The minimum atomic E-state index is -3.99. The predicted octanol–water partition coefficient (Wildman–Crippen LogP) is 0.0298. The third kappa shape index (κ3) is 3.10. The van der Waals surface area contributed by atoms with Crippen LogP contribution in [0.5, 0.6) is 0 Å². The molecule has 11 heteroatoms. The number of aromatic carboxylic acids is 1. The molecule has 1 heterocycles. The Kier molecular flexibility index (Phi) is 3.97. The van der Waals surface area contributed by atoms with Gasteiger partial charge in [-0.3, -0.25) is 0 Å². The van der Waals surface area contributed by atoms with Gasteiger partial charge in [-0.05, 0) is 18.2 Å². The number of carboxylic acid groups (broad SMARTS) is 1. The summed E-state index contributed by atoms with van der Waals surface area (Å²) in [5.41, 5.74) is -0.186. The molecule has 0 bridgehead atoms. The van der Waals surface area contributed by atoms with Gasteiger partial charge in [0, 0.05) is 0 Å². The lowest BCUT2D eigenvalue weighted by Crippen LogP contribution is -2.24. The highest BCUT2D eigenvalue weighted by Crippen LogP contribution is 2.22. The minimum absolute atomic E-state index is 0.0874. The molecule has 1 aromatic carbocycles. The molecule has 2 aromatic rings. The first-order chi connectivity index (χ1) is 9.40. The first kappa shape index (κ1) is 14.4. The summed E-state index contributed by atoms with van der Waals surface area (Å²) < 4.78 is 26.3. The van der Waals surface area contributed by atoms with Crippen molar-refractivity contribution in [1.82, 2.24) is 25.3 Å². The van der Waals surface area contributed by atoms with Crippen LogP contribution in [-0.4, -0.2) is 40.1 Å². The zero-order valence-corrected chi connectivity index (χ0v) is 11.3.